The molecular weight excluding hydrogens is 382 g/mol. The molecule has 3 heterocycles. The molecule has 1 amide bonds. The van der Waals surface area contributed by atoms with Crippen molar-refractivity contribution in [1.29, 1.82) is 5.26 Å². The van der Waals surface area contributed by atoms with Gasteiger partial charge in [-0.1, -0.05) is 12.5 Å². The molecule has 7 heteroatoms. The van der Waals surface area contributed by atoms with E-state index in [0.29, 0.717) is 5.56 Å². The van der Waals surface area contributed by atoms with E-state index in [1.807, 2.05) is 31.3 Å². The fourth-order valence-electron chi connectivity index (χ4n) is 4.21. The number of carbonyl (C=O) groups is 1. The Morgan fingerprint density at radius 3 is 2.72 bits per heavy atom. The maximum atomic E-state index is 12.9. The van der Waals surface area contributed by atoms with Crippen molar-refractivity contribution in [1.82, 2.24) is 9.88 Å². The Morgan fingerprint density at radius 2 is 2.00 bits per heavy atom. The first-order chi connectivity index (χ1) is 14.2. The predicted molar refractivity (Wildman–Crippen MR) is 116 cm³/mol. The summed E-state index contributed by atoms with van der Waals surface area (Å²) in [5.74, 6) is 0.965. The number of hydrogen-bond acceptors (Lipinski definition) is 6. The molecule has 0 unspecified atom stereocenters. The quantitative estimate of drug-likeness (QED) is 0.784. The zero-order valence-corrected chi connectivity index (χ0v) is 17.7. The molecule has 1 saturated heterocycles. The van der Waals surface area contributed by atoms with Gasteiger partial charge in [-0.3, -0.25) is 9.69 Å². The van der Waals surface area contributed by atoms with Gasteiger partial charge < -0.3 is 10.2 Å². The van der Waals surface area contributed by atoms with E-state index in [1.54, 1.807) is 11.3 Å². The summed E-state index contributed by atoms with van der Waals surface area (Å²) in [4.78, 5) is 23.1. The molecule has 1 aliphatic carbocycles. The van der Waals surface area contributed by atoms with Crippen LogP contribution in [0, 0.1) is 11.3 Å². The number of aryl methyl sites for hydroxylation is 1. The third-order valence-electron chi connectivity index (χ3n) is 5.98. The van der Waals surface area contributed by atoms with E-state index < -0.39 is 0 Å². The number of anilines is 2. The average Bonchev–Trinajstić information content (AvgIpc) is 2.92. The van der Waals surface area contributed by atoms with Gasteiger partial charge in [0.1, 0.15) is 16.9 Å². The minimum atomic E-state index is -0.227. The van der Waals surface area contributed by atoms with Crippen LogP contribution in [0.5, 0.6) is 0 Å². The molecule has 152 valence electrons. The number of pyridine rings is 1. The third kappa shape index (κ3) is 4.29. The van der Waals surface area contributed by atoms with Gasteiger partial charge in [0, 0.05) is 37.3 Å². The lowest BCUT2D eigenvalue weighted by Gasteiger charge is -2.37. The number of nitrogens with one attached hydrogen (secondary N) is 1. The summed E-state index contributed by atoms with van der Waals surface area (Å²) in [6, 6.07) is 8.07. The SMILES string of the molecule is C[C@@H](C(=O)Nc1sc2c(c1C#N)CCCCC2)N1CCN(c2ccccn2)CC1. The Labute approximate surface area is 176 Å². The summed E-state index contributed by atoms with van der Waals surface area (Å²) >= 11 is 1.60. The zero-order valence-electron chi connectivity index (χ0n) is 16.9. The first-order valence-electron chi connectivity index (χ1n) is 10.4. The Balaban J connectivity index is 1.39. The number of piperazine rings is 1. The largest absolute Gasteiger partial charge is 0.354 e. The molecule has 0 aromatic carbocycles. The van der Waals surface area contributed by atoms with Crippen LogP contribution in [0.15, 0.2) is 24.4 Å². The van der Waals surface area contributed by atoms with Gasteiger partial charge >= 0.3 is 0 Å². The molecule has 1 fully saturated rings. The van der Waals surface area contributed by atoms with Crippen molar-refractivity contribution >= 4 is 28.1 Å². The van der Waals surface area contributed by atoms with Crippen LogP contribution in [0.25, 0.3) is 0 Å². The predicted octanol–water partition coefficient (Wildman–Crippen LogP) is 3.43. The topological polar surface area (TPSA) is 72.3 Å². The first-order valence-corrected chi connectivity index (χ1v) is 11.2. The lowest BCUT2D eigenvalue weighted by Crippen LogP contribution is -2.53. The minimum Gasteiger partial charge on any atom is -0.354 e. The summed E-state index contributed by atoms with van der Waals surface area (Å²) in [6.07, 6.45) is 7.30. The van der Waals surface area contributed by atoms with E-state index >= 15 is 0 Å². The van der Waals surface area contributed by atoms with Crippen LogP contribution in [0.1, 0.15) is 42.2 Å². The molecule has 2 aromatic heterocycles. The molecule has 4 rings (SSSR count). The van der Waals surface area contributed by atoms with Crippen molar-refractivity contribution in [2.45, 2.75) is 45.1 Å². The van der Waals surface area contributed by atoms with Gasteiger partial charge in [-0.15, -0.1) is 11.3 Å². The Kier molecular flexibility index (Phi) is 6.12. The number of amides is 1. The fraction of sp³-hybridized carbons (Fsp3) is 0.500. The summed E-state index contributed by atoms with van der Waals surface area (Å²) in [6.45, 7) is 5.29. The fourth-order valence-corrected chi connectivity index (χ4v) is 5.45. The highest BCUT2D eigenvalue weighted by atomic mass is 32.1. The lowest BCUT2D eigenvalue weighted by atomic mass is 10.1. The molecule has 1 atom stereocenters. The van der Waals surface area contributed by atoms with Crippen LogP contribution in [0.4, 0.5) is 10.8 Å². The van der Waals surface area contributed by atoms with E-state index in [2.05, 4.69) is 26.2 Å². The third-order valence-corrected chi connectivity index (χ3v) is 7.19. The standard InChI is InChI=1S/C22H27N5OS/c1-16(26-11-13-27(14-12-26)20-9-5-6-10-24-20)21(28)25-22-18(15-23)17-7-3-2-4-8-19(17)29-22/h5-6,9-10,16H,2-4,7-8,11-14H2,1H3,(H,25,28)/t16-/m0/s1. The second-order valence-corrected chi connectivity index (χ2v) is 8.86. The number of fused-ring (bicyclic) bond motifs is 1. The maximum Gasteiger partial charge on any atom is 0.242 e. The Morgan fingerprint density at radius 1 is 1.21 bits per heavy atom. The van der Waals surface area contributed by atoms with Crippen molar-refractivity contribution in [3.05, 3.63) is 40.4 Å². The number of aromatic nitrogens is 1. The monoisotopic (exact) mass is 409 g/mol. The number of rotatable bonds is 4. The summed E-state index contributed by atoms with van der Waals surface area (Å²) < 4.78 is 0. The number of hydrogen-bond donors (Lipinski definition) is 1. The molecule has 1 N–H and O–H groups in total. The van der Waals surface area contributed by atoms with Crippen LogP contribution >= 0.6 is 11.3 Å². The lowest BCUT2D eigenvalue weighted by molar-refractivity contribution is -0.120. The van der Waals surface area contributed by atoms with Gasteiger partial charge in [0.25, 0.3) is 0 Å². The van der Waals surface area contributed by atoms with E-state index in [0.717, 1.165) is 56.3 Å². The van der Waals surface area contributed by atoms with Crippen LogP contribution in [-0.2, 0) is 17.6 Å². The van der Waals surface area contributed by atoms with Crippen LogP contribution in [0.2, 0.25) is 0 Å². The summed E-state index contributed by atoms with van der Waals surface area (Å²) in [7, 11) is 0. The van der Waals surface area contributed by atoms with Crippen molar-refractivity contribution in [2.75, 3.05) is 36.4 Å². The first kappa shape index (κ1) is 19.9. The van der Waals surface area contributed by atoms with Gasteiger partial charge in [-0.25, -0.2) is 4.98 Å². The molecule has 2 aliphatic rings. The summed E-state index contributed by atoms with van der Waals surface area (Å²) in [5.41, 5.74) is 1.86. The van der Waals surface area contributed by atoms with Gasteiger partial charge in [0.2, 0.25) is 5.91 Å². The molecule has 2 aromatic rings. The van der Waals surface area contributed by atoms with Crippen molar-refractivity contribution in [2.24, 2.45) is 0 Å². The highest BCUT2D eigenvalue weighted by molar-refractivity contribution is 7.16. The maximum absolute atomic E-state index is 12.9. The molecule has 6 nitrogen and oxygen atoms in total. The smallest absolute Gasteiger partial charge is 0.242 e. The number of nitrogens with zero attached hydrogens (tertiary/aromatic N) is 4. The van der Waals surface area contributed by atoms with Crippen molar-refractivity contribution in [3.8, 4) is 6.07 Å². The molecule has 1 aliphatic heterocycles. The second-order valence-electron chi connectivity index (χ2n) is 7.76. The Bertz CT molecular complexity index is 896. The molecule has 0 spiro atoms. The van der Waals surface area contributed by atoms with E-state index in [9.17, 15) is 10.1 Å². The number of thiophene rings is 1. The second kappa shape index (κ2) is 8.93. The molecule has 29 heavy (non-hydrogen) atoms. The summed E-state index contributed by atoms with van der Waals surface area (Å²) in [5, 5.41) is 13.5. The number of carbonyl (C=O) groups excluding carboxylic acids is 1. The van der Waals surface area contributed by atoms with Crippen LogP contribution < -0.4 is 10.2 Å². The highest BCUT2D eigenvalue weighted by Gasteiger charge is 2.28. The van der Waals surface area contributed by atoms with Crippen molar-refractivity contribution in [3.63, 3.8) is 0 Å². The van der Waals surface area contributed by atoms with Crippen molar-refractivity contribution < 1.29 is 4.79 Å². The molecule has 0 saturated carbocycles. The normalized spacial score (nSPS) is 18.4. The van der Waals surface area contributed by atoms with Crippen LogP contribution in [0.3, 0.4) is 0 Å². The minimum absolute atomic E-state index is 0.0239. The molecule has 0 bridgehead atoms. The zero-order chi connectivity index (χ0) is 20.2. The van der Waals surface area contributed by atoms with Gasteiger partial charge in [-0.05, 0) is 50.3 Å². The van der Waals surface area contributed by atoms with Crippen LogP contribution in [-0.4, -0.2) is 48.0 Å². The average molecular weight is 410 g/mol. The van der Waals surface area contributed by atoms with E-state index in [-0.39, 0.29) is 11.9 Å². The Hall–Kier alpha value is -2.43. The highest BCUT2D eigenvalue weighted by Crippen LogP contribution is 2.37. The number of nitriles is 1. The molecule has 0 radical (unpaired) electrons. The molecular formula is C22H27N5OS. The van der Waals surface area contributed by atoms with E-state index in [1.165, 1.54) is 23.3 Å². The van der Waals surface area contributed by atoms with Gasteiger partial charge in [0.05, 0.1) is 11.6 Å². The van der Waals surface area contributed by atoms with Gasteiger partial charge in [-0.2, -0.15) is 5.26 Å². The van der Waals surface area contributed by atoms with E-state index in [4.69, 9.17) is 0 Å². The van der Waals surface area contributed by atoms with Gasteiger partial charge in [0.15, 0.2) is 0 Å².